The van der Waals surface area contributed by atoms with E-state index in [2.05, 4.69) is 75.8 Å². The summed E-state index contributed by atoms with van der Waals surface area (Å²) in [6.07, 6.45) is 0.642. The minimum atomic E-state index is -1.79. The van der Waals surface area contributed by atoms with Crippen molar-refractivity contribution in [2.75, 3.05) is 18.9 Å². The SMILES string of the molecule is CC(C)C[C@H](NC(=O)[C@H](Cc1ccccc1)NC(=O)[C@@H](N)CC(N)=O)C(=O)N[C@@H](CC(N)=O)C(=O)N[C@@H](CS)C(=O)N[C@@H](Cc1ccc(O)cc1)C(=O)N[C@H](C(=O)N[C@@H](CO)C(=O)NCC(=O)N[C@@H](Cc1ccccc1)C(=O)N[C@@H](Cc1cnc[nH]1)C(=O)O)C(C)C. The Kier molecular flexibility index (Phi) is 30.2. The molecule has 3 aromatic carbocycles. The van der Waals surface area contributed by atoms with E-state index in [0.717, 1.165) is 0 Å². The van der Waals surface area contributed by atoms with Crippen LogP contribution in [0.25, 0.3) is 0 Å². The van der Waals surface area contributed by atoms with E-state index in [4.69, 9.17) is 17.2 Å². The molecule has 0 spiro atoms. The van der Waals surface area contributed by atoms with Gasteiger partial charge in [0, 0.05) is 43.3 Å². The summed E-state index contributed by atoms with van der Waals surface area (Å²) in [4.78, 5) is 181. The summed E-state index contributed by atoms with van der Waals surface area (Å²) < 4.78 is 0. The fourth-order valence-corrected chi connectivity index (χ4v) is 9.31. The van der Waals surface area contributed by atoms with Gasteiger partial charge in [-0.1, -0.05) is 100 Å². The summed E-state index contributed by atoms with van der Waals surface area (Å²) in [5.41, 5.74) is 18.6. The summed E-state index contributed by atoms with van der Waals surface area (Å²) in [5, 5.41) is 54.6. The number of nitrogens with two attached hydrogens (primary N) is 3. The number of amides is 12. The number of carboxylic acids is 1. The zero-order valence-corrected chi connectivity index (χ0v) is 51.9. The highest BCUT2D eigenvalue weighted by Crippen LogP contribution is 2.15. The van der Waals surface area contributed by atoms with Crippen LogP contribution in [0.4, 0.5) is 0 Å². The maximum absolute atomic E-state index is 14.3. The summed E-state index contributed by atoms with van der Waals surface area (Å²) in [5.74, 6) is -14.7. The molecule has 31 nitrogen and oxygen atoms in total. The van der Waals surface area contributed by atoms with Crippen LogP contribution in [-0.2, 0) is 88.0 Å². The number of H-pyrrole nitrogens is 1. The molecular formula is C60H81N15O16S. The number of aliphatic carboxylic acids is 1. The van der Waals surface area contributed by atoms with E-state index in [-0.39, 0.29) is 43.8 Å². The van der Waals surface area contributed by atoms with Gasteiger partial charge in [-0.15, -0.1) is 0 Å². The quantitative estimate of drug-likeness (QED) is 0.0189. The van der Waals surface area contributed by atoms with Gasteiger partial charge in [-0.25, -0.2) is 9.78 Å². The number of carbonyl (C=O) groups excluding carboxylic acids is 12. The molecule has 498 valence electrons. The number of aromatic hydroxyl groups is 1. The lowest BCUT2D eigenvalue weighted by Crippen LogP contribution is -2.62. The summed E-state index contributed by atoms with van der Waals surface area (Å²) in [7, 11) is 0. The van der Waals surface area contributed by atoms with E-state index in [1.54, 1.807) is 74.5 Å². The highest BCUT2D eigenvalue weighted by atomic mass is 32.1. The summed E-state index contributed by atoms with van der Waals surface area (Å²) in [6, 6.07) is 7.19. The van der Waals surface area contributed by atoms with Crippen LogP contribution in [0.5, 0.6) is 5.75 Å². The first-order valence-electron chi connectivity index (χ1n) is 29.2. The molecule has 0 radical (unpaired) electrons. The topological polar surface area (TPSA) is 510 Å². The van der Waals surface area contributed by atoms with Crippen molar-refractivity contribution in [2.24, 2.45) is 29.0 Å². The third kappa shape index (κ3) is 25.5. The molecule has 20 N–H and O–H groups in total. The van der Waals surface area contributed by atoms with Crippen molar-refractivity contribution >= 4 is 89.5 Å². The Morgan fingerprint density at radius 3 is 1.45 bits per heavy atom. The van der Waals surface area contributed by atoms with Gasteiger partial charge in [0.1, 0.15) is 60.1 Å². The number of nitrogens with one attached hydrogen (secondary N) is 11. The molecule has 4 rings (SSSR count). The van der Waals surface area contributed by atoms with E-state index < -0.39 is 175 Å². The molecule has 0 aliphatic carbocycles. The van der Waals surface area contributed by atoms with Gasteiger partial charge >= 0.3 is 5.97 Å². The molecule has 4 aromatic rings. The van der Waals surface area contributed by atoms with Crippen molar-refractivity contribution in [3.8, 4) is 5.75 Å². The number of thiol groups is 1. The minimum absolute atomic E-state index is 0.0464. The molecule has 1 aromatic heterocycles. The molecule has 0 saturated carbocycles. The van der Waals surface area contributed by atoms with Crippen LogP contribution in [0.2, 0.25) is 0 Å². The van der Waals surface area contributed by atoms with Gasteiger partial charge in [0.15, 0.2) is 0 Å². The second-order valence-electron chi connectivity index (χ2n) is 22.3. The second kappa shape index (κ2) is 37.3. The fourth-order valence-electron chi connectivity index (χ4n) is 9.05. The zero-order valence-electron chi connectivity index (χ0n) is 51.0. The third-order valence-electron chi connectivity index (χ3n) is 13.9. The number of primary amides is 2. The van der Waals surface area contributed by atoms with E-state index in [0.29, 0.717) is 22.4 Å². The maximum atomic E-state index is 14.3. The lowest BCUT2D eigenvalue weighted by molar-refractivity contribution is -0.142. The first-order chi connectivity index (χ1) is 43.6. The van der Waals surface area contributed by atoms with Crippen molar-refractivity contribution in [3.63, 3.8) is 0 Å². The average Bonchev–Trinajstić information content (AvgIpc) is 1.47. The van der Waals surface area contributed by atoms with Crippen LogP contribution < -0.4 is 70.4 Å². The van der Waals surface area contributed by atoms with Gasteiger partial charge in [-0.05, 0) is 47.1 Å². The molecule has 0 aliphatic rings. The number of imidazole rings is 1. The highest BCUT2D eigenvalue weighted by molar-refractivity contribution is 7.80. The number of phenols is 1. The van der Waals surface area contributed by atoms with Gasteiger partial charge < -0.3 is 90.7 Å². The fraction of sp³-hybridized carbons (Fsp3) is 0.433. The summed E-state index contributed by atoms with van der Waals surface area (Å²) >= 11 is 4.24. The van der Waals surface area contributed by atoms with Crippen LogP contribution in [0, 0.1) is 11.8 Å². The third-order valence-corrected chi connectivity index (χ3v) is 14.3. The lowest BCUT2D eigenvalue weighted by atomic mass is 10.00. The molecule has 12 amide bonds. The van der Waals surface area contributed by atoms with Crippen LogP contribution in [0.15, 0.2) is 97.5 Å². The molecule has 32 heteroatoms. The first kappa shape index (κ1) is 74.5. The monoisotopic (exact) mass is 1300 g/mol. The number of hydrogen-bond donors (Lipinski definition) is 18. The maximum Gasteiger partial charge on any atom is 0.326 e. The molecule has 0 saturated heterocycles. The Morgan fingerprint density at radius 2 is 0.957 bits per heavy atom. The average molecular weight is 1300 g/mol. The zero-order chi connectivity index (χ0) is 68.2. The highest BCUT2D eigenvalue weighted by Gasteiger charge is 2.37. The van der Waals surface area contributed by atoms with Crippen molar-refractivity contribution in [3.05, 3.63) is 120 Å². The lowest BCUT2D eigenvalue weighted by Gasteiger charge is -2.28. The van der Waals surface area contributed by atoms with E-state index in [9.17, 15) is 77.6 Å². The minimum Gasteiger partial charge on any atom is -0.508 e. The van der Waals surface area contributed by atoms with Crippen LogP contribution >= 0.6 is 12.6 Å². The largest absolute Gasteiger partial charge is 0.508 e. The number of aromatic nitrogens is 2. The number of nitrogens with zero attached hydrogens (tertiary/aromatic N) is 1. The molecule has 0 bridgehead atoms. The first-order valence-corrected chi connectivity index (χ1v) is 29.8. The predicted octanol–water partition coefficient (Wildman–Crippen LogP) is -4.35. The van der Waals surface area contributed by atoms with Crippen LogP contribution in [0.1, 0.15) is 69.3 Å². The van der Waals surface area contributed by atoms with Crippen molar-refractivity contribution in [1.82, 2.24) is 63.1 Å². The Morgan fingerprint density at radius 1 is 0.511 bits per heavy atom. The Hall–Kier alpha value is -9.95. The number of aliphatic hydroxyl groups is 1. The van der Waals surface area contributed by atoms with Crippen molar-refractivity contribution < 1.29 is 77.6 Å². The van der Waals surface area contributed by atoms with Crippen LogP contribution in [-0.4, -0.2) is 181 Å². The molecule has 0 fully saturated rings. The number of carbonyl (C=O) groups is 13. The Labute approximate surface area is 534 Å². The normalized spacial score (nSPS) is 14.3. The Bertz CT molecular complexity index is 3180. The van der Waals surface area contributed by atoms with Gasteiger partial charge in [-0.2, -0.15) is 12.6 Å². The molecule has 0 unspecified atom stereocenters. The predicted molar refractivity (Wildman–Crippen MR) is 333 cm³/mol. The molecule has 1 heterocycles. The van der Waals surface area contributed by atoms with Crippen molar-refractivity contribution in [1.29, 1.82) is 0 Å². The number of aromatic amines is 1. The number of carboxylic acid groups (broad SMARTS) is 1. The smallest absolute Gasteiger partial charge is 0.326 e. The van der Waals surface area contributed by atoms with Gasteiger partial charge in [0.05, 0.1) is 38.4 Å². The number of benzene rings is 3. The molecule has 10 atom stereocenters. The Balaban J connectivity index is 1.48. The van der Waals surface area contributed by atoms with Gasteiger partial charge in [0.2, 0.25) is 70.9 Å². The number of phenolic OH excluding ortho intramolecular Hbond substituents is 1. The van der Waals surface area contributed by atoms with E-state index >= 15 is 0 Å². The van der Waals surface area contributed by atoms with Gasteiger partial charge in [-0.3, -0.25) is 57.5 Å². The number of hydrogen-bond acceptors (Lipinski definition) is 18. The molecular weight excluding hydrogens is 1220 g/mol. The number of aliphatic hydroxyl groups excluding tert-OH is 1. The summed E-state index contributed by atoms with van der Waals surface area (Å²) in [6.45, 7) is 4.68. The van der Waals surface area contributed by atoms with E-state index in [1.807, 2.05) is 0 Å². The second-order valence-corrected chi connectivity index (χ2v) is 22.7. The van der Waals surface area contributed by atoms with Gasteiger partial charge in [0.25, 0.3) is 0 Å². The van der Waals surface area contributed by atoms with E-state index in [1.165, 1.54) is 50.6 Å². The molecule has 0 aliphatic heterocycles. The van der Waals surface area contributed by atoms with Crippen molar-refractivity contribution in [2.45, 2.75) is 133 Å². The number of rotatable bonds is 38. The standard InChI is InChI=1S/C60H81N15O16S/c1-31(2)19-39(69-55(85)41(21-34-13-9-6-10-14-34)68-51(81)38(61)24-47(62)78)53(83)71-43(25-48(63)79)56(86)74-46(29-92)58(88)70-42(22-35-15-17-37(77)18-16-35)57(87)75-50(32(3)4)59(89)73-45(28-76)52(82)65-27-49(80)67-40(20-33-11-7-5-8-12-33)54(84)72-44(60(90)91)23-36-26-64-30-66-36/h5-18,26,30-32,38-46,50,76-77,92H,19-25,27-29,61H2,1-4H3,(H2,62,78)(H2,63,79)(H,64,66)(H,65,82)(H,67,80)(H,68,81)(H,69,85)(H,70,88)(H,71,83)(H,72,84)(H,73,89)(H,74,86)(H,75,87)(H,90,91)/t38-,39-,40-,41-,42-,43-,44-,45-,46-,50-/m0/s1. The van der Waals surface area contributed by atoms with Crippen LogP contribution in [0.3, 0.4) is 0 Å². The molecule has 92 heavy (non-hydrogen) atoms.